The average molecular weight is 328 g/mol. The number of fused-ring (bicyclic) bond motifs is 1. The summed E-state index contributed by atoms with van der Waals surface area (Å²) in [6.07, 6.45) is 0.485. The summed E-state index contributed by atoms with van der Waals surface area (Å²) in [5.41, 5.74) is 0.818. The molecule has 0 bridgehead atoms. The van der Waals surface area contributed by atoms with Gasteiger partial charge in [-0.3, -0.25) is 10.1 Å². The Morgan fingerprint density at radius 2 is 2.26 bits per heavy atom. The van der Waals surface area contributed by atoms with E-state index in [9.17, 15) is 4.79 Å². The molecule has 1 amide bonds. The number of nitrogens with one attached hydrogen (secondary N) is 2. The lowest BCUT2D eigenvalue weighted by Crippen LogP contribution is -2.32. The average Bonchev–Trinajstić information content (AvgIpc) is 2.96. The van der Waals surface area contributed by atoms with Gasteiger partial charge in [-0.2, -0.15) is 10.5 Å². The van der Waals surface area contributed by atoms with Crippen LogP contribution in [0.2, 0.25) is 5.02 Å². The second-order valence-corrected chi connectivity index (χ2v) is 5.42. The number of amides is 1. The molecule has 1 aliphatic heterocycles. The minimum absolute atomic E-state index is 0.0137. The topological polar surface area (TPSA) is 115 Å². The zero-order valence-electron chi connectivity index (χ0n) is 11.8. The van der Waals surface area contributed by atoms with Crippen molar-refractivity contribution >= 4 is 23.5 Å². The van der Waals surface area contributed by atoms with Crippen LogP contribution in [0.3, 0.4) is 0 Å². The van der Waals surface area contributed by atoms with Crippen LogP contribution in [0, 0.1) is 28.6 Å². The Balaban J connectivity index is 1.74. The van der Waals surface area contributed by atoms with Crippen LogP contribution >= 0.6 is 11.6 Å². The number of nitrogens with zero attached hydrogens (tertiary/aromatic N) is 3. The number of hydrogen-bond acceptors (Lipinski definition) is 5. The quantitative estimate of drug-likeness (QED) is 0.875. The Hall–Kier alpha value is -3.03. The van der Waals surface area contributed by atoms with Gasteiger partial charge >= 0.3 is 0 Å². The van der Waals surface area contributed by atoms with E-state index in [0.717, 1.165) is 11.3 Å². The maximum absolute atomic E-state index is 12.3. The number of aromatic nitrogens is 2. The van der Waals surface area contributed by atoms with Gasteiger partial charge in [-0.25, -0.2) is 4.98 Å². The van der Waals surface area contributed by atoms with E-state index in [1.165, 1.54) is 0 Å². The molecule has 1 aromatic heterocycles. The van der Waals surface area contributed by atoms with Crippen LogP contribution in [-0.4, -0.2) is 22.5 Å². The highest BCUT2D eigenvalue weighted by Gasteiger charge is 2.27. The fourth-order valence-corrected chi connectivity index (χ4v) is 2.54. The van der Waals surface area contributed by atoms with Gasteiger partial charge in [-0.15, -0.1) is 0 Å². The molecule has 3 rings (SSSR count). The minimum Gasteiger partial charge on any atom is -0.492 e. The van der Waals surface area contributed by atoms with Gasteiger partial charge in [0, 0.05) is 5.02 Å². The Labute approximate surface area is 136 Å². The highest BCUT2D eigenvalue weighted by Crippen LogP contribution is 2.30. The van der Waals surface area contributed by atoms with Crippen molar-refractivity contribution in [3.05, 3.63) is 40.2 Å². The largest absolute Gasteiger partial charge is 0.492 e. The molecule has 0 saturated heterocycles. The minimum atomic E-state index is -0.415. The van der Waals surface area contributed by atoms with Gasteiger partial charge in [0.05, 0.1) is 5.92 Å². The lowest BCUT2D eigenvalue weighted by Gasteiger charge is -2.24. The molecule has 7 nitrogen and oxygen atoms in total. The fraction of sp³-hybridized carbons (Fsp3) is 0.200. The van der Waals surface area contributed by atoms with Gasteiger partial charge in [-0.1, -0.05) is 11.6 Å². The first-order valence-corrected chi connectivity index (χ1v) is 7.11. The maximum atomic E-state index is 12.3. The second kappa shape index (κ2) is 5.99. The Morgan fingerprint density at radius 1 is 1.43 bits per heavy atom. The molecule has 1 atom stereocenters. The van der Waals surface area contributed by atoms with E-state index >= 15 is 0 Å². The normalized spacial score (nSPS) is 15.7. The number of aromatic amines is 1. The summed E-state index contributed by atoms with van der Waals surface area (Å²) in [6.45, 7) is 0.234. The standard InChI is InChI=1S/C15H10ClN5O2/c16-10-1-2-13-8(4-10)3-9(7-23-13)14(22)21-15-19-11(5-17)12(6-18)20-15/h1-2,4,9H,3,7H2,(H2,19,20,21,22). The molecule has 1 unspecified atom stereocenters. The molecule has 2 N–H and O–H groups in total. The summed E-state index contributed by atoms with van der Waals surface area (Å²) < 4.78 is 5.57. The Kier molecular flexibility index (Phi) is 3.88. The van der Waals surface area contributed by atoms with Crippen LogP contribution in [0.5, 0.6) is 5.75 Å². The number of benzene rings is 1. The van der Waals surface area contributed by atoms with Crippen molar-refractivity contribution in [2.24, 2.45) is 5.92 Å². The van der Waals surface area contributed by atoms with E-state index in [0.29, 0.717) is 11.4 Å². The molecule has 8 heteroatoms. The van der Waals surface area contributed by atoms with Crippen LogP contribution in [0.4, 0.5) is 5.95 Å². The summed E-state index contributed by atoms with van der Waals surface area (Å²) in [5.74, 6) is 0.0652. The van der Waals surface area contributed by atoms with Gasteiger partial charge in [0.1, 0.15) is 24.5 Å². The van der Waals surface area contributed by atoms with E-state index in [1.807, 2.05) is 6.07 Å². The van der Waals surface area contributed by atoms with Gasteiger partial charge < -0.3 is 9.72 Å². The predicted octanol–water partition coefficient (Wildman–Crippen LogP) is 2.00. The van der Waals surface area contributed by atoms with Crippen molar-refractivity contribution in [3.8, 4) is 17.9 Å². The zero-order chi connectivity index (χ0) is 16.4. The van der Waals surface area contributed by atoms with Crippen molar-refractivity contribution in [1.82, 2.24) is 9.97 Å². The van der Waals surface area contributed by atoms with E-state index in [2.05, 4.69) is 15.3 Å². The first-order valence-electron chi connectivity index (χ1n) is 6.73. The van der Waals surface area contributed by atoms with Gasteiger partial charge in [0.2, 0.25) is 11.9 Å². The van der Waals surface area contributed by atoms with Crippen LogP contribution < -0.4 is 10.1 Å². The van der Waals surface area contributed by atoms with Gasteiger partial charge in [0.25, 0.3) is 0 Å². The van der Waals surface area contributed by atoms with Gasteiger partial charge in [0.15, 0.2) is 11.4 Å². The van der Waals surface area contributed by atoms with E-state index in [-0.39, 0.29) is 29.9 Å². The summed E-state index contributed by atoms with van der Waals surface area (Å²) >= 11 is 5.95. The molecule has 114 valence electrons. The summed E-state index contributed by atoms with van der Waals surface area (Å²) in [6, 6.07) is 8.87. The molecule has 1 aromatic carbocycles. The van der Waals surface area contributed by atoms with E-state index in [4.69, 9.17) is 26.9 Å². The molecule has 1 aliphatic rings. The third-order valence-electron chi connectivity index (χ3n) is 3.46. The molecular weight excluding hydrogens is 318 g/mol. The number of carbonyl (C=O) groups excluding carboxylic acids is 1. The first kappa shape index (κ1) is 14.9. The van der Waals surface area contributed by atoms with Crippen LogP contribution in [0.25, 0.3) is 0 Å². The number of halogens is 1. The second-order valence-electron chi connectivity index (χ2n) is 4.99. The number of anilines is 1. The number of ether oxygens (including phenoxy) is 1. The lowest BCUT2D eigenvalue weighted by molar-refractivity contribution is -0.121. The third-order valence-corrected chi connectivity index (χ3v) is 3.70. The Bertz CT molecular complexity index is 830. The monoisotopic (exact) mass is 327 g/mol. The van der Waals surface area contributed by atoms with Crippen LogP contribution in [0.15, 0.2) is 18.2 Å². The first-order chi connectivity index (χ1) is 11.1. The molecule has 0 fully saturated rings. The number of H-pyrrole nitrogens is 1. The number of hydrogen-bond donors (Lipinski definition) is 2. The third kappa shape index (κ3) is 2.96. The van der Waals surface area contributed by atoms with Crippen molar-refractivity contribution in [3.63, 3.8) is 0 Å². The SMILES string of the molecule is N#Cc1nc(NC(=O)C2COc3ccc(Cl)cc3C2)[nH]c1C#N. The fourth-order valence-electron chi connectivity index (χ4n) is 2.34. The molecule has 0 radical (unpaired) electrons. The lowest BCUT2D eigenvalue weighted by atomic mass is 9.96. The van der Waals surface area contributed by atoms with Crippen molar-refractivity contribution < 1.29 is 9.53 Å². The highest BCUT2D eigenvalue weighted by molar-refractivity contribution is 6.30. The van der Waals surface area contributed by atoms with Crippen molar-refractivity contribution in [1.29, 1.82) is 10.5 Å². The predicted molar refractivity (Wildman–Crippen MR) is 80.8 cm³/mol. The Morgan fingerprint density at radius 3 is 2.96 bits per heavy atom. The molecule has 2 heterocycles. The smallest absolute Gasteiger partial charge is 0.233 e. The molecule has 0 saturated carbocycles. The van der Waals surface area contributed by atoms with E-state index < -0.39 is 5.92 Å². The van der Waals surface area contributed by atoms with Crippen LogP contribution in [-0.2, 0) is 11.2 Å². The molecule has 23 heavy (non-hydrogen) atoms. The van der Waals surface area contributed by atoms with Crippen LogP contribution in [0.1, 0.15) is 17.0 Å². The number of nitriles is 2. The number of carbonyl (C=O) groups is 1. The molecular formula is C15H10ClN5O2. The molecule has 2 aromatic rings. The molecule has 0 aliphatic carbocycles. The summed E-state index contributed by atoms with van der Waals surface area (Å²) in [4.78, 5) is 18.8. The maximum Gasteiger partial charge on any atom is 0.233 e. The van der Waals surface area contributed by atoms with Crippen molar-refractivity contribution in [2.75, 3.05) is 11.9 Å². The number of imidazole rings is 1. The number of rotatable bonds is 2. The zero-order valence-corrected chi connectivity index (χ0v) is 12.5. The van der Waals surface area contributed by atoms with E-state index in [1.54, 1.807) is 24.3 Å². The summed E-state index contributed by atoms with van der Waals surface area (Å²) in [7, 11) is 0. The van der Waals surface area contributed by atoms with Crippen molar-refractivity contribution in [2.45, 2.75) is 6.42 Å². The molecule has 0 spiro atoms. The van der Waals surface area contributed by atoms with Gasteiger partial charge in [-0.05, 0) is 30.2 Å². The summed E-state index contributed by atoms with van der Waals surface area (Å²) in [5, 5.41) is 20.9. The highest BCUT2D eigenvalue weighted by atomic mass is 35.5.